The molecule has 0 unspecified atom stereocenters. The second kappa shape index (κ2) is 7.36. The van der Waals surface area contributed by atoms with E-state index in [1.165, 1.54) is 0 Å². The molecule has 0 fully saturated rings. The Hall–Kier alpha value is -1.94. The number of benzene rings is 1. The van der Waals surface area contributed by atoms with E-state index in [1.54, 1.807) is 38.3 Å². The molecule has 3 rings (SSSR count). The number of aromatic carboxylic acids is 1. The minimum atomic E-state index is -3.96. The fourth-order valence-electron chi connectivity index (χ4n) is 2.96. The van der Waals surface area contributed by atoms with Crippen molar-refractivity contribution >= 4 is 27.3 Å². The molecule has 0 saturated carbocycles. The summed E-state index contributed by atoms with van der Waals surface area (Å²) in [6.45, 7) is 2.85. The summed E-state index contributed by atoms with van der Waals surface area (Å²) in [6.07, 6.45) is 0.511. The van der Waals surface area contributed by atoms with Gasteiger partial charge < -0.3 is 15.2 Å². The fraction of sp³-hybridized carbons (Fsp3) is 0.353. The van der Waals surface area contributed by atoms with Crippen LogP contribution in [0.1, 0.15) is 39.3 Å². The summed E-state index contributed by atoms with van der Waals surface area (Å²) in [4.78, 5) is 12.5. The molecule has 1 aliphatic heterocycles. The van der Waals surface area contributed by atoms with Gasteiger partial charge in [-0.15, -0.1) is 11.3 Å². The highest BCUT2D eigenvalue weighted by molar-refractivity contribution is 7.91. The molecule has 0 bridgehead atoms. The van der Waals surface area contributed by atoms with E-state index in [0.717, 1.165) is 21.8 Å². The van der Waals surface area contributed by atoms with Gasteiger partial charge in [0.1, 0.15) is 9.96 Å². The number of carboxylic acids is 1. The standard InChI is InChI=1S/C17H20N2O5S2/c1-10(11-3-5-12(24-2)6-4-11)19-26(22,23)17-15(16(20)21)13-7-8-18-9-14(13)25-17/h3-6,10,18-19H,7-9H2,1-2H3,(H,20,21)/t10-/m1/s1. The first-order valence-corrected chi connectivity index (χ1v) is 10.4. The zero-order valence-electron chi connectivity index (χ0n) is 14.4. The summed E-state index contributed by atoms with van der Waals surface area (Å²) in [5, 5.41) is 12.7. The largest absolute Gasteiger partial charge is 0.497 e. The van der Waals surface area contributed by atoms with Crippen molar-refractivity contribution < 1.29 is 23.1 Å². The van der Waals surface area contributed by atoms with E-state index in [1.807, 2.05) is 0 Å². The van der Waals surface area contributed by atoms with Gasteiger partial charge >= 0.3 is 5.97 Å². The molecule has 26 heavy (non-hydrogen) atoms. The van der Waals surface area contributed by atoms with Crippen molar-refractivity contribution in [3.8, 4) is 5.75 Å². The van der Waals surface area contributed by atoms with Crippen LogP contribution in [-0.2, 0) is 23.0 Å². The number of thiophene rings is 1. The minimum absolute atomic E-state index is 0.0964. The third-order valence-corrected chi connectivity index (χ3v) is 7.59. The average Bonchev–Trinajstić information content (AvgIpc) is 3.02. The van der Waals surface area contributed by atoms with Crippen LogP contribution in [0.3, 0.4) is 0 Å². The van der Waals surface area contributed by atoms with Gasteiger partial charge in [-0.3, -0.25) is 0 Å². The van der Waals surface area contributed by atoms with Gasteiger partial charge in [-0.1, -0.05) is 12.1 Å². The highest BCUT2D eigenvalue weighted by Gasteiger charge is 2.32. The summed E-state index contributed by atoms with van der Waals surface area (Å²) < 4.78 is 33.3. The van der Waals surface area contributed by atoms with Gasteiger partial charge in [-0.25, -0.2) is 17.9 Å². The Kier molecular flexibility index (Phi) is 5.33. The molecule has 1 atom stereocenters. The lowest BCUT2D eigenvalue weighted by Gasteiger charge is -2.15. The maximum atomic E-state index is 12.9. The molecule has 2 heterocycles. The lowest BCUT2D eigenvalue weighted by Crippen LogP contribution is -2.28. The second-order valence-electron chi connectivity index (χ2n) is 6.01. The Labute approximate surface area is 156 Å². The molecular formula is C17H20N2O5S2. The number of sulfonamides is 1. The van der Waals surface area contributed by atoms with Gasteiger partial charge in [-0.05, 0) is 43.1 Å². The van der Waals surface area contributed by atoms with Crippen molar-refractivity contribution in [1.29, 1.82) is 0 Å². The maximum absolute atomic E-state index is 12.9. The topological polar surface area (TPSA) is 105 Å². The zero-order chi connectivity index (χ0) is 18.9. The van der Waals surface area contributed by atoms with Crippen LogP contribution in [0.5, 0.6) is 5.75 Å². The first kappa shape index (κ1) is 18.8. The van der Waals surface area contributed by atoms with Gasteiger partial charge in [0.25, 0.3) is 10.0 Å². The average molecular weight is 396 g/mol. The van der Waals surface area contributed by atoms with E-state index in [4.69, 9.17) is 4.74 Å². The van der Waals surface area contributed by atoms with Gasteiger partial charge in [0.05, 0.1) is 12.7 Å². The summed E-state index contributed by atoms with van der Waals surface area (Å²) in [6, 6.07) is 6.53. The van der Waals surface area contributed by atoms with E-state index >= 15 is 0 Å². The molecule has 0 spiro atoms. The van der Waals surface area contributed by atoms with Crippen LogP contribution in [0.2, 0.25) is 0 Å². The van der Waals surface area contributed by atoms with Crippen LogP contribution >= 0.6 is 11.3 Å². The fourth-order valence-corrected chi connectivity index (χ4v) is 6.07. The Balaban J connectivity index is 1.92. The Morgan fingerprint density at radius 2 is 2.04 bits per heavy atom. The lowest BCUT2D eigenvalue weighted by atomic mass is 10.1. The van der Waals surface area contributed by atoms with Gasteiger partial charge in [0, 0.05) is 17.5 Å². The first-order valence-electron chi connectivity index (χ1n) is 8.08. The molecule has 2 aromatic rings. The number of carboxylic acid groups (broad SMARTS) is 1. The van der Waals surface area contributed by atoms with Crippen molar-refractivity contribution in [2.75, 3.05) is 13.7 Å². The van der Waals surface area contributed by atoms with Crippen molar-refractivity contribution in [3.63, 3.8) is 0 Å². The van der Waals surface area contributed by atoms with Crippen molar-refractivity contribution in [2.45, 2.75) is 30.1 Å². The van der Waals surface area contributed by atoms with E-state index < -0.39 is 22.0 Å². The molecule has 3 N–H and O–H groups in total. The van der Waals surface area contributed by atoms with Crippen LogP contribution in [0.15, 0.2) is 28.5 Å². The number of carbonyl (C=O) groups is 1. The molecule has 7 nitrogen and oxygen atoms in total. The quantitative estimate of drug-likeness (QED) is 0.691. The number of nitrogens with one attached hydrogen (secondary N) is 2. The molecule has 1 aliphatic rings. The number of ether oxygens (including phenoxy) is 1. The predicted molar refractivity (Wildman–Crippen MR) is 98.4 cm³/mol. The molecule has 0 saturated heterocycles. The summed E-state index contributed by atoms with van der Waals surface area (Å²) in [5.41, 5.74) is 1.29. The van der Waals surface area contributed by atoms with E-state index in [-0.39, 0.29) is 9.77 Å². The van der Waals surface area contributed by atoms with Crippen LogP contribution in [0.4, 0.5) is 0 Å². The summed E-state index contributed by atoms with van der Waals surface area (Å²) in [5.74, 6) is -0.530. The monoisotopic (exact) mass is 396 g/mol. The predicted octanol–water partition coefficient (Wildman–Crippen LogP) is 2.14. The third-order valence-electron chi connectivity index (χ3n) is 4.30. The second-order valence-corrected chi connectivity index (χ2v) is 9.03. The van der Waals surface area contributed by atoms with Crippen LogP contribution in [-0.4, -0.2) is 33.1 Å². The van der Waals surface area contributed by atoms with Gasteiger partial charge in [-0.2, -0.15) is 0 Å². The Bertz CT molecular complexity index is 919. The molecule has 9 heteroatoms. The summed E-state index contributed by atoms with van der Waals surface area (Å²) >= 11 is 1.03. The normalized spacial score (nSPS) is 15.3. The van der Waals surface area contributed by atoms with E-state index in [2.05, 4.69) is 10.0 Å². The van der Waals surface area contributed by atoms with Crippen LogP contribution < -0.4 is 14.8 Å². The molecular weight excluding hydrogens is 376 g/mol. The van der Waals surface area contributed by atoms with Crippen LogP contribution in [0, 0.1) is 0 Å². The number of hydrogen-bond donors (Lipinski definition) is 3. The number of fused-ring (bicyclic) bond motifs is 1. The van der Waals surface area contributed by atoms with E-state index in [9.17, 15) is 18.3 Å². The number of rotatable bonds is 6. The molecule has 0 radical (unpaired) electrons. The first-order chi connectivity index (χ1) is 12.3. The Morgan fingerprint density at radius 3 is 2.65 bits per heavy atom. The summed E-state index contributed by atoms with van der Waals surface area (Å²) in [7, 11) is -2.41. The SMILES string of the molecule is COc1ccc([C@@H](C)NS(=O)(=O)c2sc3c(c2C(=O)O)CCNC3)cc1. The highest BCUT2D eigenvalue weighted by atomic mass is 32.2. The van der Waals surface area contributed by atoms with E-state index in [0.29, 0.717) is 30.8 Å². The molecule has 0 aliphatic carbocycles. The number of hydrogen-bond acceptors (Lipinski definition) is 6. The molecule has 0 amide bonds. The van der Waals surface area contributed by atoms with Gasteiger partial charge in [0.15, 0.2) is 0 Å². The van der Waals surface area contributed by atoms with Crippen LogP contribution in [0.25, 0.3) is 0 Å². The lowest BCUT2D eigenvalue weighted by molar-refractivity contribution is 0.0692. The van der Waals surface area contributed by atoms with Crippen molar-refractivity contribution in [2.24, 2.45) is 0 Å². The Morgan fingerprint density at radius 1 is 1.35 bits per heavy atom. The van der Waals surface area contributed by atoms with Crippen molar-refractivity contribution in [1.82, 2.24) is 10.0 Å². The number of methoxy groups -OCH3 is 1. The molecule has 1 aromatic heterocycles. The van der Waals surface area contributed by atoms with Crippen molar-refractivity contribution in [3.05, 3.63) is 45.8 Å². The highest BCUT2D eigenvalue weighted by Crippen LogP contribution is 2.35. The third kappa shape index (κ3) is 3.61. The maximum Gasteiger partial charge on any atom is 0.338 e. The zero-order valence-corrected chi connectivity index (χ0v) is 16.0. The molecule has 140 valence electrons. The smallest absolute Gasteiger partial charge is 0.338 e. The van der Waals surface area contributed by atoms with Gasteiger partial charge in [0.2, 0.25) is 0 Å². The molecule has 1 aromatic carbocycles. The minimum Gasteiger partial charge on any atom is -0.497 e.